The van der Waals surface area contributed by atoms with E-state index in [1.54, 1.807) is 0 Å². The number of hydrogen-bond acceptors (Lipinski definition) is 3. The van der Waals surface area contributed by atoms with Crippen LogP contribution in [-0.4, -0.2) is 54.1 Å². The van der Waals surface area contributed by atoms with Gasteiger partial charge in [0.1, 0.15) is 0 Å². The minimum Gasteiger partial charge on any atom is -0.324 e. The van der Waals surface area contributed by atoms with E-state index in [4.69, 9.17) is 0 Å². The van der Waals surface area contributed by atoms with Crippen molar-refractivity contribution in [3.05, 3.63) is 0 Å². The summed E-state index contributed by atoms with van der Waals surface area (Å²) in [6.07, 6.45) is 7.32. The largest absolute Gasteiger partial charge is 0.324 e. The predicted octanol–water partition coefficient (Wildman–Crippen LogP) is 2.44. The van der Waals surface area contributed by atoms with Crippen molar-refractivity contribution in [2.24, 2.45) is 5.92 Å². The van der Waals surface area contributed by atoms with E-state index in [1.165, 1.54) is 25.8 Å². The third-order valence-electron chi connectivity index (χ3n) is 5.40. The Bertz CT molecular complexity index is 347. The van der Waals surface area contributed by atoms with Gasteiger partial charge in [0.15, 0.2) is 0 Å². The van der Waals surface area contributed by atoms with Gasteiger partial charge < -0.3 is 9.80 Å². The highest BCUT2D eigenvalue weighted by molar-refractivity contribution is 5.84. The van der Waals surface area contributed by atoms with Gasteiger partial charge in [0, 0.05) is 12.6 Å². The molecule has 4 atom stereocenters. The third-order valence-corrected chi connectivity index (χ3v) is 5.40. The molecule has 0 aromatic carbocycles. The Balaban J connectivity index is 2.04. The fraction of sp³-hybridized carbons (Fsp3) is 0.941. The molecule has 0 aromatic rings. The molecule has 1 N–H and O–H groups in total. The number of likely N-dealkylation sites (N-methyl/N-ethyl adjacent to an activating group) is 1. The molecule has 4 heteroatoms. The Morgan fingerprint density at radius 1 is 1.33 bits per heavy atom. The number of nitrogens with zero attached hydrogens (tertiary/aromatic N) is 2. The lowest BCUT2D eigenvalue weighted by molar-refractivity contribution is -0.131. The van der Waals surface area contributed by atoms with Crippen molar-refractivity contribution in [3.63, 3.8) is 0 Å². The lowest BCUT2D eigenvalue weighted by Crippen LogP contribution is -2.48. The molecular formula is C17H33N3O. The van der Waals surface area contributed by atoms with Crippen molar-refractivity contribution in [1.82, 2.24) is 15.1 Å². The highest BCUT2D eigenvalue weighted by atomic mass is 16.2. The van der Waals surface area contributed by atoms with Crippen molar-refractivity contribution >= 4 is 5.91 Å². The van der Waals surface area contributed by atoms with Crippen LogP contribution in [0.3, 0.4) is 0 Å². The monoisotopic (exact) mass is 295 g/mol. The predicted molar refractivity (Wildman–Crippen MR) is 87.1 cm³/mol. The standard InChI is InChI=1S/C17H33N3O/c1-5-9-15-18-16(13(3)6-2)17(21)20(15)12-14-10-7-8-11-19(14)4/h13-16,18H,5-12H2,1-4H3. The van der Waals surface area contributed by atoms with E-state index in [-0.39, 0.29) is 12.2 Å². The van der Waals surface area contributed by atoms with E-state index >= 15 is 0 Å². The average Bonchev–Trinajstić information content (AvgIpc) is 2.78. The van der Waals surface area contributed by atoms with Crippen molar-refractivity contribution in [3.8, 4) is 0 Å². The fourth-order valence-corrected chi connectivity index (χ4v) is 3.68. The molecule has 2 fully saturated rings. The summed E-state index contributed by atoms with van der Waals surface area (Å²) in [6.45, 7) is 8.64. The van der Waals surface area contributed by atoms with Crippen LogP contribution >= 0.6 is 0 Å². The van der Waals surface area contributed by atoms with Gasteiger partial charge in [-0.2, -0.15) is 0 Å². The molecule has 2 heterocycles. The Hall–Kier alpha value is -0.610. The zero-order valence-electron chi connectivity index (χ0n) is 14.3. The van der Waals surface area contributed by atoms with Crippen LogP contribution in [0.1, 0.15) is 59.3 Å². The maximum atomic E-state index is 12.8. The molecular weight excluding hydrogens is 262 g/mol. The number of carbonyl (C=O) groups excluding carboxylic acids is 1. The van der Waals surface area contributed by atoms with Crippen LogP contribution < -0.4 is 5.32 Å². The molecule has 2 aliphatic rings. The molecule has 0 aromatic heterocycles. The molecule has 2 saturated heterocycles. The van der Waals surface area contributed by atoms with Gasteiger partial charge in [-0.05, 0) is 38.8 Å². The van der Waals surface area contributed by atoms with Gasteiger partial charge in [0.2, 0.25) is 5.91 Å². The van der Waals surface area contributed by atoms with E-state index in [2.05, 4.69) is 42.9 Å². The SMILES string of the molecule is CCCC1NC(C(C)CC)C(=O)N1CC1CCCCN1C. The maximum Gasteiger partial charge on any atom is 0.241 e. The van der Waals surface area contributed by atoms with Crippen LogP contribution in [0.4, 0.5) is 0 Å². The number of likely N-dealkylation sites (tertiary alicyclic amines) is 1. The Labute approximate surface area is 130 Å². The lowest BCUT2D eigenvalue weighted by atomic mass is 9.99. The molecule has 1 amide bonds. The molecule has 2 rings (SSSR count). The van der Waals surface area contributed by atoms with Crippen LogP contribution in [0, 0.1) is 5.92 Å². The van der Waals surface area contributed by atoms with Crippen LogP contribution in [0.2, 0.25) is 0 Å². The maximum absolute atomic E-state index is 12.8. The van der Waals surface area contributed by atoms with E-state index in [9.17, 15) is 4.79 Å². The number of piperidine rings is 1. The summed E-state index contributed by atoms with van der Waals surface area (Å²) in [7, 11) is 2.21. The number of nitrogens with one attached hydrogen (secondary N) is 1. The molecule has 0 saturated carbocycles. The Morgan fingerprint density at radius 2 is 2.10 bits per heavy atom. The van der Waals surface area contributed by atoms with Crippen LogP contribution in [-0.2, 0) is 4.79 Å². The molecule has 2 aliphatic heterocycles. The second kappa shape index (κ2) is 7.59. The summed E-state index contributed by atoms with van der Waals surface area (Å²) in [5.74, 6) is 0.757. The van der Waals surface area contributed by atoms with Crippen molar-refractivity contribution in [1.29, 1.82) is 0 Å². The highest BCUT2D eigenvalue weighted by Gasteiger charge is 2.41. The molecule has 0 aliphatic carbocycles. The Kier molecular flexibility index (Phi) is 6.06. The molecule has 0 spiro atoms. The first kappa shape index (κ1) is 16.8. The van der Waals surface area contributed by atoms with Crippen LogP contribution in [0.15, 0.2) is 0 Å². The summed E-state index contributed by atoms with van der Waals surface area (Å²) in [4.78, 5) is 17.4. The van der Waals surface area contributed by atoms with Gasteiger partial charge in [0.05, 0.1) is 12.2 Å². The molecule has 4 nitrogen and oxygen atoms in total. The molecule has 0 radical (unpaired) electrons. The molecule has 4 unspecified atom stereocenters. The minimum atomic E-state index is 0.0282. The smallest absolute Gasteiger partial charge is 0.241 e. The topological polar surface area (TPSA) is 35.6 Å². The van der Waals surface area contributed by atoms with Crippen LogP contribution in [0.25, 0.3) is 0 Å². The summed E-state index contributed by atoms with van der Waals surface area (Å²) in [6, 6.07) is 0.569. The zero-order valence-corrected chi connectivity index (χ0v) is 14.3. The summed E-state index contributed by atoms with van der Waals surface area (Å²) in [5, 5.41) is 3.60. The molecule has 0 bridgehead atoms. The van der Waals surface area contributed by atoms with Gasteiger partial charge in [-0.25, -0.2) is 0 Å². The summed E-state index contributed by atoms with van der Waals surface area (Å²) in [5.41, 5.74) is 0. The first-order chi connectivity index (χ1) is 10.1. The number of carbonyl (C=O) groups is 1. The fourth-order valence-electron chi connectivity index (χ4n) is 3.68. The Morgan fingerprint density at radius 3 is 2.71 bits per heavy atom. The number of hydrogen-bond donors (Lipinski definition) is 1. The van der Waals surface area contributed by atoms with E-state index < -0.39 is 0 Å². The minimum absolute atomic E-state index is 0.0282. The van der Waals surface area contributed by atoms with E-state index in [0.717, 1.165) is 25.8 Å². The van der Waals surface area contributed by atoms with Crippen molar-refractivity contribution in [2.45, 2.75) is 77.5 Å². The van der Waals surface area contributed by atoms with Gasteiger partial charge in [-0.1, -0.05) is 40.0 Å². The second-order valence-corrected chi connectivity index (χ2v) is 6.96. The number of amides is 1. The zero-order chi connectivity index (χ0) is 15.4. The van der Waals surface area contributed by atoms with Gasteiger partial charge in [-0.3, -0.25) is 10.1 Å². The first-order valence-electron chi connectivity index (χ1n) is 8.85. The quantitative estimate of drug-likeness (QED) is 0.817. The van der Waals surface area contributed by atoms with Gasteiger partial charge in [0.25, 0.3) is 0 Å². The first-order valence-corrected chi connectivity index (χ1v) is 8.85. The summed E-state index contributed by atoms with van der Waals surface area (Å²) < 4.78 is 0. The normalized spacial score (nSPS) is 32.7. The number of rotatable bonds is 6. The second-order valence-electron chi connectivity index (χ2n) is 6.96. The average molecular weight is 295 g/mol. The van der Waals surface area contributed by atoms with Crippen LogP contribution in [0.5, 0.6) is 0 Å². The van der Waals surface area contributed by atoms with Crippen molar-refractivity contribution < 1.29 is 4.79 Å². The summed E-state index contributed by atoms with van der Waals surface area (Å²) >= 11 is 0. The van der Waals surface area contributed by atoms with E-state index in [1.807, 2.05) is 0 Å². The third kappa shape index (κ3) is 3.78. The van der Waals surface area contributed by atoms with Crippen molar-refractivity contribution in [2.75, 3.05) is 20.1 Å². The van der Waals surface area contributed by atoms with E-state index in [0.29, 0.717) is 17.9 Å². The molecule has 21 heavy (non-hydrogen) atoms. The highest BCUT2D eigenvalue weighted by Crippen LogP contribution is 2.24. The van der Waals surface area contributed by atoms with Gasteiger partial charge >= 0.3 is 0 Å². The van der Waals surface area contributed by atoms with Gasteiger partial charge in [-0.15, -0.1) is 0 Å². The lowest BCUT2D eigenvalue weighted by Gasteiger charge is -2.36. The molecule has 122 valence electrons.